The van der Waals surface area contributed by atoms with Crippen LogP contribution in [0, 0.1) is 13.8 Å². The summed E-state index contributed by atoms with van der Waals surface area (Å²) in [6.45, 7) is 8.96. The molecule has 1 unspecified atom stereocenters. The summed E-state index contributed by atoms with van der Waals surface area (Å²) < 4.78 is 2.28. The summed E-state index contributed by atoms with van der Waals surface area (Å²) in [5.74, 6) is 0.717. The smallest absolute Gasteiger partial charge is 0.0658 e. The fourth-order valence-corrected chi connectivity index (χ4v) is 3.58. The number of piperidine rings is 1. The molecule has 0 spiro atoms. The van der Waals surface area contributed by atoms with E-state index in [-0.39, 0.29) is 0 Å². The summed E-state index contributed by atoms with van der Waals surface area (Å²) in [6, 6.07) is 0.569. The largest absolute Gasteiger partial charge is 0.317 e. The maximum atomic E-state index is 4.82. The molecule has 1 aromatic rings. The molecule has 4 heteroatoms. The Hall–Kier alpha value is -0.870. The average molecular weight is 248 g/mol. The van der Waals surface area contributed by atoms with Crippen molar-refractivity contribution in [2.45, 2.75) is 45.1 Å². The maximum Gasteiger partial charge on any atom is 0.0658 e. The van der Waals surface area contributed by atoms with Gasteiger partial charge < -0.3 is 10.6 Å². The molecule has 0 bridgehead atoms. The highest BCUT2D eigenvalue weighted by atomic mass is 15.3. The van der Waals surface area contributed by atoms with Crippen LogP contribution in [0.5, 0.6) is 0 Å². The number of nitrogens with zero attached hydrogens (tertiary/aromatic N) is 2. The van der Waals surface area contributed by atoms with Crippen LogP contribution in [-0.4, -0.2) is 36.0 Å². The van der Waals surface area contributed by atoms with E-state index in [2.05, 4.69) is 29.2 Å². The Bertz CT molecular complexity index is 412. The van der Waals surface area contributed by atoms with Gasteiger partial charge in [-0.1, -0.05) is 0 Å². The van der Waals surface area contributed by atoms with Crippen LogP contribution in [0.2, 0.25) is 0 Å². The molecule has 0 radical (unpaired) electrons. The van der Waals surface area contributed by atoms with Crippen molar-refractivity contribution in [1.29, 1.82) is 0 Å². The van der Waals surface area contributed by atoms with Gasteiger partial charge in [-0.3, -0.25) is 4.68 Å². The van der Waals surface area contributed by atoms with Crippen molar-refractivity contribution in [3.63, 3.8) is 0 Å². The molecule has 100 valence electrons. The zero-order valence-corrected chi connectivity index (χ0v) is 11.5. The second kappa shape index (κ2) is 5.02. The number of nitrogens with one attached hydrogen (secondary N) is 2. The van der Waals surface area contributed by atoms with Gasteiger partial charge in [0.1, 0.15) is 0 Å². The van der Waals surface area contributed by atoms with E-state index in [0.717, 1.165) is 32.1 Å². The Labute approximate surface area is 109 Å². The van der Waals surface area contributed by atoms with Crippen LogP contribution in [0.3, 0.4) is 0 Å². The highest BCUT2D eigenvalue weighted by Gasteiger charge is 2.26. The molecule has 1 aromatic heterocycles. The summed E-state index contributed by atoms with van der Waals surface area (Å²) in [6.07, 6.45) is 3.74. The highest BCUT2D eigenvalue weighted by Crippen LogP contribution is 2.32. The van der Waals surface area contributed by atoms with Crippen LogP contribution < -0.4 is 10.6 Å². The minimum atomic E-state index is 0.569. The lowest BCUT2D eigenvalue weighted by Crippen LogP contribution is -2.27. The quantitative estimate of drug-likeness (QED) is 0.833. The molecule has 2 aliphatic rings. The molecule has 0 aromatic carbocycles. The van der Waals surface area contributed by atoms with E-state index in [0.29, 0.717) is 6.04 Å². The maximum absolute atomic E-state index is 4.82. The first kappa shape index (κ1) is 12.2. The molecule has 0 saturated carbocycles. The summed E-state index contributed by atoms with van der Waals surface area (Å²) in [4.78, 5) is 0. The third-order valence-corrected chi connectivity index (χ3v) is 4.51. The molecule has 0 amide bonds. The van der Waals surface area contributed by atoms with Gasteiger partial charge in [0.25, 0.3) is 0 Å². The molecule has 0 aliphatic carbocycles. The number of hydrogen-bond acceptors (Lipinski definition) is 3. The van der Waals surface area contributed by atoms with Crippen LogP contribution in [0.1, 0.15) is 48.2 Å². The first-order valence-corrected chi connectivity index (χ1v) is 7.24. The van der Waals surface area contributed by atoms with Gasteiger partial charge in [0, 0.05) is 12.2 Å². The Morgan fingerprint density at radius 2 is 1.78 bits per heavy atom. The van der Waals surface area contributed by atoms with Crippen LogP contribution in [0.4, 0.5) is 0 Å². The Balaban J connectivity index is 1.89. The van der Waals surface area contributed by atoms with Gasteiger partial charge in [-0.25, -0.2) is 0 Å². The first-order chi connectivity index (χ1) is 8.77. The SMILES string of the molecule is Cc1nn(C2CCNC2)c(C)c1C1CCNCC1. The lowest BCUT2D eigenvalue weighted by atomic mass is 9.89. The van der Waals surface area contributed by atoms with E-state index in [1.165, 1.54) is 36.2 Å². The number of aryl methyl sites for hydroxylation is 1. The third kappa shape index (κ3) is 2.08. The van der Waals surface area contributed by atoms with E-state index in [9.17, 15) is 0 Å². The first-order valence-electron chi connectivity index (χ1n) is 7.24. The summed E-state index contributed by atoms with van der Waals surface area (Å²) in [5, 5.41) is 11.7. The highest BCUT2D eigenvalue weighted by molar-refractivity contribution is 5.29. The van der Waals surface area contributed by atoms with Gasteiger partial charge >= 0.3 is 0 Å². The molecular weight excluding hydrogens is 224 g/mol. The van der Waals surface area contributed by atoms with Gasteiger partial charge in [0.15, 0.2) is 0 Å². The van der Waals surface area contributed by atoms with E-state index >= 15 is 0 Å². The topological polar surface area (TPSA) is 41.9 Å². The van der Waals surface area contributed by atoms with Crippen molar-refractivity contribution in [1.82, 2.24) is 20.4 Å². The molecule has 2 saturated heterocycles. The Morgan fingerprint density at radius 1 is 1.06 bits per heavy atom. The van der Waals surface area contributed by atoms with E-state index in [1.807, 2.05) is 0 Å². The van der Waals surface area contributed by atoms with Crippen molar-refractivity contribution in [3.8, 4) is 0 Å². The fraction of sp³-hybridized carbons (Fsp3) is 0.786. The molecule has 2 N–H and O–H groups in total. The second-order valence-corrected chi connectivity index (χ2v) is 5.70. The van der Waals surface area contributed by atoms with Crippen molar-refractivity contribution in [2.75, 3.05) is 26.2 Å². The molecule has 18 heavy (non-hydrogen) atoms. The van der Waals surface area contributed by atoms with Crippen LogP contribution in [0.25, 0.3) is 0 Å². The predicted octanol–water partition coefficient (Wildman–Crippen LogP) is 1.50. The molecule has 2 aliphatic heterocycles. The minimum absolute atomic E-state index is 0.569. The number of aromatic nitrogens is 2. The van der Waals surface area contributed by atoms with Crippen molar-refractivity contribution in [3.05, 3.63) is 17.0 Å². The van der Waals surface area contributed by atoms with E-state index in [1.54, 1.807) is 0 Å². The zero-order chi connectivity index (χ0) is 12.5. The summed E-state index contributed by atoms with van der Waals surface area (Å²) >= 11 is 0. The molecule has 2 fully saturated rings. The van der Waals surface area contributed by atoms with Gasteiger partial charge in [-0.05, 0) is 64.2 Å². The number of hydrogen-bond donors (Lipinski definition) is 2. The van der Waals surface area contributed by atoms with Gasteiger partial charge in [0.05, 0.1) is 11.7 Å². The summed E-state index contributed by atoms with van der Waals surface area (Å²) in [7, 11) is 0. The van der Waals surface area contributed by atoms with Crippen molar-refractivity contribution < 1.29 is 0 Å². The minimum Gasteiger partial charge on any atom is -0.317 e. The van der Waals surface area contributed by atoms with Gasteiger partial charge in [-0.2, -0.15) is 5.10 Å². The second-order valence-electron chi connectivity index (χ2n) is 5.70. The summed E-state index contributed by atoms with van der Waals surface area (Å²) in [5.41, 5.74) is 4.20. The molecule has 3 heterocycles. The molecule has 4 nitrogen and oxygen atoms in total. The van der Waals surface area contributed by atoms with Gasteiger partial charge in [0.2, 0.25) is 0 Å². The lowest BCUT2D eigenvalue weighted by molar-refractivity contribution is 0.452. The monoisotopic (exact) mass is 248 g/mol. The zero-order valence-electron chi connectivity index (χ0n) is 11.5. The third-order valence-electron chi connectivity index (χ3n) is 4.51. The normalized spacial score (nSPS) is 25.8. The van der Waals surface area contributed by atoms with Crippen LogP contribution in [-0.2, 0) is 0 Å². The standard InChI is InChI=1S/C14H24N4/c1-10-14(12-3-6-15-7-4-12)11(2)18(17-10)13-5-8-16-9-13/h12-13,15-16H,3-9H2,1-2H3. The van der Waals surface area contributed by atoms with Crippen molar-refractivity contribution in [2.24, 2.45) is 0 Å². The number of rotatable bonds is 2. The predicted molar refractivity (Wildman–Crippen MR) is 73.1 cm³/mol. The van der Waals surface area contributed by atoms with E-state index in [4.69, 9.17) is 5.10 Å². The van der Waals surface area contributed by atoms with E-state index < -0.39 is 0 Å². The molecule has 1 atom stereocenters. The lowest BCUT2D eigenvalue weighted by Gasteiger charge is -2.23. The van der Waals surface area contributed by atoms with Crippen LogP contribution >= 0.6 is 0 Å². The Morgan fingerprint density at radius 3 is 2.44 bits per heavy atom. The van der Waals surface area contributed by atoms with Crippen molar-refractivity contribution >= 4 is 0 Å². The molecular formula is C14H24N4. The Kier molecular flexibility index (Phi) is 3.39. The molecule has 3 rings (SSSR count). The van der Waals surface area contributed by atoms with Gasteiger partial charge in [-0.15, -0.1) is 0 Å². The average Bonchev–Trinajstić information content (AvgIpc) is 2.99. The fourth-order valence-electron chi connectivity index (χ4n) is 3.58. The van der Waals surface area contributed by atoms with Crippen LogP contribution in [0.15, 0.2) is 0 Å².